The zero-order chi connectivity index (χ0) is 13.8. The number of sulfonamides is 1. The summed E-state index contributed by atoms with van der Waals surface area (Å²) in [5.41, 5.74) is 0.119. The first-order chi connectivity index (χ1) is 8.38. The van der Waals surface area contributed by atoms with E-state index in [-0.39, 0.29) is 20.8 Å². The highest BCUT2D eigenvalue weighted by Crippen LogP contribution is 2.27. The summed E-state index contributed by atoms with van der Waals surface area (Å²) in [6, 6.07) is 4.11. The average Bonchev–Trinajstić information content (AvgIpc) is 2.29. The fraction of sp³-hybridized carbons (Fsp3) is 0.111. The van der Waals surface area contributed by atoms with Gasteiger partial charge in [0.1, 0.15) is 4.90 Å². The van der Waals surface area contributed by atoms with Gasteiger partial charge in [-0.25, -0.2) is 18.5 Å². The molecule has 0 atom stereocenters. The summed E-state index contributed by atoms with van der Waals surface area (Å²) in [5.74, 6) is 0. The van der Waals surface area contributed by atoms with Crippen LogP contribution >= 0.6 is 23.4 Å². The molecule has 0 saturated heterocycles. The van der Waals surface area contributed by atoms with Gasteiger partial charge in [0.05, 0.1) is 5.69 Å². The molecule has 0 aliphatic heterocycles. The van der Waals surface area contributed by atoms with E-state index in [2.05, 4.69) is 10.3 Å². The van der Waals surface area contributed by atoms with Crippen molar-refractivity contribution in [2.24, 2.45) is 10.1 Å². The van der Waals surface area contributed by atoms with Crippen molar-refractivity contribution in [3.05, 3.63) is 23.2 Å². The standard InChI is InChI=1S/C9H9ClN4O2S2/c1-17-9(13-5-11)14-7-3-2-6(10)4-8(7)18(12,15)16/h2-4H,1H3,(H,13,14)(H2,12,15,16). The zero-order valence-corrected chi connectivity index (χ0v) is 11.6. The summed E-state index contributed by atoms with van der Waals surface area (Å²) in [6.07, 6.45) is 3.39. The Morgan fingerprint density at radius 2 is 2.28 bits per heavy atom. The topological polar surface area (TPSA) is 108 Å². The van der Waals surface area contributed by atoms with E-state index < -0.39 is 10.0 Å². The van der Waals surface area contributed by atoms with Gasteiger partial charge in [0.2, 0.25) is 10.0 Å². The summed E-state index contributed by atoms with van der Waals surface area (Å²) >= 11 is 6.87. The SMILES string of the molecule is CSC(=Nc1ccc(Cl)cc1S(N)(=O)=O)NC#N. The number of aliphatic imine (C=N–C) groups is 1. The van der Waals surface area contributed by atoms with E-state index >= 15 is 0 Å². The molecular formula is C9H9ClN4O2S2. The lowest BCUT2D eigenvalue weighted by molar-refractivity contribution is 0.598. The Labute approximate surface area is 114 Å². The Kier molecular flexibility index (Phi) is 4.98. The van der Waals surface area contributed by atoms with Gasteiger partial charge in [0.15, 0.2) is 11.4 Å². The van der Waals surface area contributed by atoms with E-state index in [1.807, 2.05) is 0 Å². The number of primary sulfonamides is 1. The van der Waals surface area contributed by atoms with Gasteiger partial charge in [-0.05, 0) is 24.5 Å². The van der Waals surface area contributed by atoms with Crippen LogP contribution in [0, 0.1) is 11.5 Å². The van der Waals surface area contributed by atoms with Gasteiger partial charge in [-0.2, -0.15) is 5.26 Å². The first-order valence-electron chi connectivity index (χ1n) is 4.48. The van der Waals surface area contributed by atoms with E-state index in [0.29, 0.717) is 0 Å². The highest BCUT2D eigenvalue weighted by atomic mass is 35.5. The molecule has 0 spiro atoms. The number of nitrogens with zero attached hydrogens (tertiary/aromatic N) is 2. The monoisotopic (exact) mass is 304 g/mol. The molecule has 1 aromatic rings. The molecule has 0 aliphatic rings. The molecular weight excluding hydrogens is 296 g/mol. The molecule has 0 saturated carbocycles. The molecule has 1 aromatic carbocycles. The number of thioether (sulfide) groups is 1. The lowest BCUT2D eigenvalue weighted by Gasteiger charge is -2.05. The maximum absolute atomic E-state index is 11.4. The van der Waals surface area contributed by atoms with Crippen molar-refractivity contribution < 1.29 is 8.42 Å². The fourth-order valence-corrected chi connectivity index (χ4v) is 2.36. The Morgan fingerprint density at radius 3 is 2.78 bits per heavy atom. The van der Waals surface area contributed by atoms with Gasteiger partial charge in [-0.1, -0.05) is 23.4 Å². The fourth-order valence-electron chi connectivity index (χ4n) is 1.09. The minimum Gasteiger partial charge on any atom is -0.271 e. The second-order valence-corrected chi connectivity index (χ2v) is 5.78. The van der Waals surface area contributed by atoms with Crippen molar-refractivity contribution >= 4 is 44.2 Å². The van der Waals surface area contributed by atoms with Crippen molar-refractivity contribution in [1.82, 2.24) is 5.32 Å². The number of halogens is 1. The molecule has 6 nitrogen and oxygen atoms in total. The highest BCUT2D eigenvalue weighted by molar-refractivity contribution is 8.13. The van der Waals surface area contributed by atoms with Gasteiger partial charge < -0.3 is 0 Å². The molecule has 9 heteroatoms. The molecule has 0 aromatic heterocycles. The molecule has 0 unspecified atom stereocenters. The molecule has 0 bridgehead atoms. The van der Waals surface area contributed by atoms with E-state index in [1.165, 1.54) is 18.2 Å². The van der Waals surface area contributed by atoms with E-state index in [9.17, 15) is 8.42 Å². The van der Waals surface area contributed by atoms with Crippen LogP contribution in [0.15, 0.2) is 28.1 Å². The number of nitrogens with one attached hydrogen (secondary N) is 1. The maximum Gasteiger partial charge on any atom is 0.240 e. The van der Waals surface area contributed by atoms with E-state index in [1.54, 1.807) is 12.4 Å². The first kappa shape index (κ1) is 14.8. The number of nitrogens with two attached hydrogens (primary N) is 1. The first-order valence-corrected chi connectivity index (χ1v) is 7.63. The van der Waals surface area contributed by atoms with Gasteiger partial charge in [0.25, 0.3) is 0 Å². The molecule has 18 heavy (non-hydrogen) atoms. The maximum atomic E-state index is 11.4. The second kappa shape index (κ2) is 6.06. The number of nitriles is 1. The van der Waals surface area contributed by atoms with Crippen LogP contribution in [0.2, 0.25) is 5.02 Å². The van der Waals surface area contributed by atoms with Crippen LogP contribution < -0.4 is 10.5 Å². The van der Waals surface area contributed by atoms with Crippen LogP contribution in [0.1, 0.15) is 0 Å². The van der Waals surface area contributed by atoms with E-state index in [0.717, 1.165) is 11.8 Å². The van der Waals surface area contributed by atoms with Crippen LogP contribution in [0.5, 0.6) is 0 Å². The number of benzene rings is 1. The quantitative estimate of drug-likeness (QED) is 0.371. The summed E-state index contributed by atoms with van der Waals surface area (Å²) < 4.78 is 22.8. The van der Waals surface area contributed by atoms with Gasteiger partial charge in [0, 0.05) is 5.02 Å². The Bertz CT molecular complexity index is 622. The number of hydrogen-bond acceptors (Lipinski definition) is 5. The van der Waals surface area contributed by atoms with Crippen molar-refractivity contribution in [2.75, 3.05) is 6.26 Å². The minimum absolute atomic E-state index is 0.119. The molecule has 0 aliphatic carbocycles. The number of amidine groups is 1. The molecule has 3 N–H and O–H groups in total. The van der Waals surface area contributed by atoms with Crippen molar-refractivity contribution in [1.29, 1.82) is 5.26 Å². The Hall–Kier alpha value is -1.27. The Balaban J connectivity index is 3.38. The lowest BCUT2D eigenvalue weighted by atomic mass is 10.3. The Morgan fingerprint density at radius 1 is 1.61 bits per heavy atom. The van der Waals surface area contributed by atoms with Crippen LogP contribution in [0.25, 0.3) is 0 Å². The average molecular weight is 305 g/mol. The summed E-state index contributed by atoms with van der Waals surface area (Å²) in [6.45, 7) is 0. The molecule has 0 fully saturated rings. The van der Waals surface area contributed by atoms with Gasteiger partial charge in [-0.3, -0.25) is 5.32 Å². The summed E-state index contributed by atoms with van der Waals surface area (Å²) in [5, 5.41) is 16.4. The molecule has 0 amide bonds. The van der Waals surface area contributed by atoms with Crippen molar-refractivity contribution in [3.63, 3.8) is 0 Å². The van der Waals surface area contributed by atoms with Gasteiger partial charge in [-0.15, -0.1) is 0 Å². The largest absolute Gasteiger partial charge is 0.271 e. The van der Waals surface area contributed by atoms with Crippen molar-refractivity contribution in [2.45, 2.75) is 4.90 Å². The third-order valence-corrected chi connectivity index (χ3v) is 3.56. The van der Waals surface area contributed by atoms with Gasteiger partial charge >= 0.3 is 0 Å². The predicted molar refractivity (Wildman–Crippen MR) is 72.2 cm³/mol. The third kappa shape index (κ3) is 3.89. The summed E-state index contributed by atoms with van der Waals surface area (Å²) in [4.78, 5) is 3.81. The third-order valence-electron chi connectivity index (χ3n) is 1.81. The second-order valence-electron chi connectivity index (χ2n) is 3.01. The zero-order valence-electron chi connectivity index (χ0n) is 9.21. The highest BCUT2D eigenvalue weighted by Gasteiger charge is 2.15. The normalized spacial score (nSPS) is 12.0. The number of rotatable bonds is 2. The van der Waals surface area contributed by atoms with Crippen LogP contribution in [-0.4, -0.2) is 19.8 Å². The van der Waals surface area contributed by atoms with Crippen molar-refractivity contribution in [3.8, 4) is 6.19 Å². The van der Waals surface area contributed by atoms with Crippen LogP contribution in [0.3, 0.4) is 0 Å². The predicted octanol–water partition coefficient (Wildman–Crippen LogP) is 1.41. The minimum atomic E-state index is -3.94. The van der Waals surface area contributed by atoms with Crippen LogP contribution in [-0.2, 0) is 10.0 Å². The summed E-state index contributed by atoms with van der Waals surface area (Å²) in [7, 11) is -3.94. The smallest absolute Gasteiger partial charge is 0.240 e. The molecule has 1 rings (SSSR count). The molecule has 0 radical (unpaired) electrons. The van der Waals surface area contributed by atoms with E-state index in [4.69, 9.17) is 22.0 Å². The molecule has 96 valence electrons. The van der Waals surface area contributed by atoms with Crippen LogP contribution in [0.4, 0.5) is 5.69 Å². The molecule has 0 heterocycles. The number of hydrogen-bond donors (Lipinski definition) is 2. The lowest BCUT2D eigenvalue weighted by Crippen LogP contribution is -2.15.